The van der Waals surface area contributed by atoms with E-state index in [0.29, 0.717) is 35.0 Å². The number of oxazole rings is 1. The molecule has 0 atom stereocenters. The second-order valence-electron chi connectivity index (χ2n) is 8.20. The summed E-state index contributed by atoms with van der Waals surface area (Å²) in [5, 5.41) is 3.10. The van der Waals surface area contributed by atoms with Gasteiger partial charge in [0.05, 0.1) is 17.4 Å². The van der Waals surface area contributed by atoms with Crippen molar-refractivity contribution in [3.63, 3.8) is 0 Å². The molecular weight excluding hydrogens is 406 g/mol. The number of nitrogens with zero attached hydrogens (tertiary/aromatic N) is 4. The minimum Gasteiger partial charge on any atom is -0.487 e. The minimum atomic E-state index is -0.0118. The Labute approximate surface area is 188 Å². The maximum absolute atomic E-state index is 12.9. The van der Waals surface area contributed by atoms with Gasteiger partial charge in [0.15, 0.2) is 11.3 Å². The van der Waals surface area contributed by atoms with E-state index in [2.05, 4.69) is 27.1 Å². The Kier molecular flexibility index (Phi) is 6.60. The van der Waals surface area contributed by atoms with Crippen molar-refractivity contribution in [2.75, 3.05) is 44.6 Å². The number of hydrogen-bond acceptors (Lipinski definition) is 7. The molecule has 4 rings (SSSR count). The Bertz CT molecular complexity index is 1070. The lowest BCUT2D eigenvalue weighted by molar-refractivity contribution is 0.0643. The molecule has 1 N–H and O–H groups in total. The topological polar surface area (TPSA) is 83.7 Å². The number of carbonyl (C=O) groups excluding carboxylic acids is 1. The fourth-order valence-electron chi connectivity index (χ4n) is 3.86. The van der Waals surface area contributed by atoms with Crippen molar-refractivity contribution < 1.29 is 13.9 Å². The lowest BCUT2D eigenvalue weighted by Gasteiger charge is -2.34. The highest BCUT2D eigenvalue weighted by Crippen LogP contribution is 2.34. The zero-order valence-corrected chi connectivity index (χ0v) is 19.2. The van der Waals surface area contributed by atoms with Crippen LogP contribution in [0, 0.1) is 0 Å². The molecule has 1 amide bonds. The number of pyridine rings is 1. The number of piperazine rings is 1. The first-order valence-corrected chi connectivity index (χ1v) is 11.3. The van der Waals surface area contributed by atoms with Crippen LogP contribution in [-0.4, -0.2) is 71.0 Å². The van der Waals surface area contributed by atoms with E-state index in [1.807, 2.05) is 49.9 Å². The number of anilines is 1. The van der Waals surface area contributed by atoms with Crippen LogP contribution < -0.4 is 10.1 Å². The summed E-state index contributed by atoms with van der Waals surface area (Å²) in [5.41, 5.74) is 3.52. The van der Waals surface area contributed by atoms with Crippen LogP contribution in [0.1, 0.15) is 38.1 Å². The Balaban J connectivity index is 1.59. The number of benzene rings is 1. The lowest BCUT2D eigenvalue weighted by Crippen LogP contribution is -2.48. The quantitative estimate of drug-likeness (QED) is 0.600. The molecule has 0 saturated carbocycles. The van der Waals surface area contributed by atoms with Crippen molar-refractivity contribution in [3.05, 3.63) is 36.0 Å². The summed E-state index contributed by atoms with van der Waals surface area (Å²) < 4.78 is 11.8. The minimum absolute atomic E-state index is 0.0118. The van der Waals surface area contributed by atoms with Gasteiger partial charge in [0.1, 0.15) is 5.52 Å². The third-order valence-corrected chi connectivity index (χ3v) is 5.56. The number of carbonyl (C=O) groups is 1. The number of rotatable bonds is 7. The van der Waals surface area contributed by atoms with Crippen LogP contribution in [0.3, 0.4) is 0 Å². The molecule has 1 fully saturated rings. The summed E-state index contributed by atoms with van der Waals surface area (Å²) in [4.78, 5) is 26.2. The third kappa shape index (κ3) is 4.70. The van der Waals surface area contributed by atoms with Gasteiger partial charge in [-0.2, -0.15) is 4.98 Å². The number of likely N-dealkylation sites (N-methyl/N-ethyl adjacent to an activating group) is 1. The van der Waals surface area contributed by atoms with E-state index in [1.165, 1.54) is 0 Å². The van der Waals surface area contributed by atoms with Gasteiger partial charge in [-0.1, -0.05) is 6.92 Å². The predicted octanol–water partition coefficient (Wildman–Crippen LogP) is 3.89. The summed E-state index contributed by atoms with van der Waals surface area (Å²) in [7, 11) is 0. The van der Waals surface area contributed by atoms with Crippen LogP contribution in [0.5, 0.6) is 5.75 Å². The van der Waals surface area contributed by atoms with Crippen LogP contribution in [0.15, 0.2) is 34.9 Å². The molecule has 0 bridgehead atoms. The second-order valence-corrected chi connectivity index (χ2v) is 8.20. The normalized spacial score (nSPS) is 14.8. The molecule has 8 heteroatoms. The van der Waals surface area contributed by atoms with Crippen LogP contribution in [0.4, 0.5) is 6.01 Å². The number of nitrogens with one attached hydrogen (secondary N) is 1. The molecule has 0 spiro atoms. The molecular formula is C24H31N5O3. The van der Waals surface area contributed by atoms with E-state index in [1.54, 1.807) is 6.20 Å². The summed E-state index contributed by atoms with van der Waals surface area (Å²) >= 11 is 0. The lowest BCUT2D eigenvalue weighted by atomic mass is 10.1. The molecule has 1 aromatic carbocycles. The van der Waals surface area contributed by atoms with Crippen LogP contribution in [-0.2, 0) is 0 Å². The van der Waals surface area contributed by atoms with Crippen molar-refractivity contribution in [1.29, 1.82) is 0 Å². The first-order valence-electron chi connectivity index (χ1n) is 11.3. The van der Waals surface area contributed by atoms with E-state index in [4.69, 9.17) is 9.15 Å². The zero-order valence-electron chi connectivity index (χ0n) is 19.2. The summed E-state index contributed by atoms with van der Waals surface area (Å²) in [6.45, 7) is 13.1. The molecule has 3 aromatic rings. The van der Waals surface area contributed by atoms with Gasteiger partial charge >= 0.3 is 0 Å². The van der Waals surface area contributed by atoms with Crippen molar-refractivity contribution in [2.45, 2.75) is 33.8 Å². The fourth-order valence-corrected chi connectivity index (χ4v) is 3.86. The molecule has 0 aliphatic carbocycles. The molecule has 32 heavy (non-hydrogen) atoms. The molecule has 1 saturated heterocycles. The highest BCUT2D eigenvalue weighted by atomic mass is 16.5. The Morgan fingerprint density at radius 2 is 1.97 bits per heavy atom. The van der Waals surface area contributed by atoms with Gasteiger partial charge in [-0.3, -0.25) is 9.78 Å². The van der Waals surface area contributed by atoms with Gasteiger partial charge in [-0.15, -0.1) is 0 Å². The smallest absolute Gasteiger partial charge is 0.295 e. The Hall–Kier alpha value is -3.13. The van der Waals surface area contributed by atoms with Crippen LogP contribution in [0.2, 0.25) is 0 Å². The number of fused-ring (bicyclic) bond motifs is 1. The molecule has 1 aliphatic heterocycles. The first kappa shape index (κ1) is 22.1. The molecule has 0 unspecified atom stereocenters. The van der Waals surface area contributed by atoms with E-state index in [-0.39, 0.29) is 12.0 Å². The Morgan fingerprint density at radius 1 is 1.19 bits per heavy atom. The standard InChI is InChI=1S/C24H31N5O3/c1-5-25-24-27-20-13-18(14-21(22(20)32-24)31-16(3)4)19-8-7-17(15-26-19)23(30)29-11-9-28(6-2)10-12-29/h7-8,13-16H,5-6,9-12H2,1-4H3,(H,25,27). The van der Waals surface area contributed by atoms with E-state index in [0.717, 1.165) is 44.0 Å². The first-order chi connectivity index (χ1) is 15.5. The number of amides is 1. The fraction of sp³-hybridized carbons (Fsp3) is 0.458. The largest absolute Gasteiger partial charge is 0.487 e. The van der Waals surface area contributed by atoms with Gasteiger partial charge in [-0.05, 0) is 51.6 Å². The Morgan fingerprint density at radius 3 is 2.59 bits per heavy atom. The van der Waals surface area contributed by atoms with Gasteiger partial charge < -0.3 is 24.3 Å². The summed E-state index contributed by atoms with van der Waals surface area (Å²) in [6.07, 6.45) is 1.64. The zero-order chi connectivity index (χ0) is 22.7. The molecule has 170 valence electrons. The molecule has 8 nitrogen and oxygen atoms in total. The van der Waals surface area contributed by atoms with E-state index in [9.17, 15) is 4.79 Å². The number of hydrogen-bond donors (Lipinski definition) is 1. The SMILES string of the molecule is CCNc1nc2cc(-c3ccc(C(=O)N4CCN(CC)CC4)cn3)cc(OC(C)C)c2o1. The number of aromatic nitrogens is 2. The average Bonchev–Trinajstić information content (AvgIpc) is 3.21. The highest BCUT2D eigenvalue weighted by Gasteiger charge is 2.22. The second kappa shape index (κ2) is 9.56. The molecule has 1 aliphatic rings. The van der Waals surface area contributed by atoms with Crippen LogP contribution >= 0.6 is 0 Å². The summed E-state index contributed by atoms with van der Waals surface area (Å²) in [5.74, 6) is 0.658. The van der Waals surface area contributed by atoms with E-state index < -0.39 is 0 Å². The molecule has 0 radical (unpaired) electrons. The van der Waals surface area contributed by atoms with Gasteiger partial charge in [0, 0.05) is 44.5 Å². The van der Waals surface area contributed by atoms with Crippen molar-refractivity contribution in [1.82, 2.24) is 19.8 Å². The van der Waals surface area contributed by atoms with Gasteiger partial charge in [0.2, 0.25) is 0 Å². The molecule has 3 heterocycles. The predicted molar refractivity (Wildman–Crippen MR) is 125 cm³/mol. The highest BCUT2D eigenvalue weighted by molar-refractivity contribution is 5.94. The number of ether oxygens (including phenoxy) is 1. The maximum Gasteiger partial charge on any atom is 0.295 e. The van der Waals surface area contributed by atoms with Gasteiger partial charge in [-0.25, -0.2) is 0 Å². The van der Waals surface area contributed by atoms with Crippen molar-refractivity contribution in [2.24, 2.45) is 0 Å². The van der Waals surface area contributed by atoms with Gasteiger partial charge in [0.25, 0.3) is 11.9 Å². The average molecular weight is 438 g/mol. The third-order valence-electron chi connectivity index (χ3n) is 5.56. The maximum atomic E-state index is 12.9. The molecule has 2 aromatic heterocycles. The monoisotopic (exact) mass is 437 g/mol. The van der Waals surface area contributed by atoms with E-state index >= 15 is 0 Å². The van der Waals surface area contributed by atoms with Crippen molar-refractivity contribution >= 4 is 23.0 Å². The van der Waals surface area contributed by atoms with Crippen LogP contribution in [0.25, 0.3) is 22.4 Å². The van der Waals surface area contributed by atoms with Crippen molar-refractivity contribution in [3.8, 4) is 17.0 Å². The summed E-state index contributed by atoms with van der Waals surface area (Å²) in [6, 6.07) is 8.03.